The second kappa shape index (κ2) is 8.43. The summed E-state index contributed by atoms with van der Waals surface area (Å²) in [5, 5.41) is 9.84. The van der Waals surface area contributed by atoms with Crippen molar-refractivity contribution in [2.75, 3.05) is 0 Å². The third-order valence-electron chi connectivity index (χ3n) is 2.56. The summed E-state index contributed by atoms with van der Waals surface area (Å²) < 4.78 is 0. The average molecular weight is 293 g/mol. The molecule has 1 heterocycles. The summed E-state index contributed by atoms with van der Waals surface area (Å²) >= 11 is 0. The Morgan fingerprint density at radius 1 is 1.11 bits per heavy atom. The van der Waals surface area contributed by atoms with Crippen LogP contribution in [0.25, 0.3) is 0 Å². The minimum absolute atomic E-state index is 0. The molecule has 0 radical (unpaired) electrons. The normalized spacial score (nSPS) is 10.8. The van der Waals surface area contributed by atoms with Gasteiger partial charge in [-0.25, -0.2) is 12.1 Å². The molecule has 0 saturated heterocycles. The zero-order valence-electron chi connectivity index (χ0n) is 10.3. The number of nitrogens with zero attached hydrogens (tertiary/aromatic N) is 1. The SMILES string of the molecule is OC(c1cccnc1)[c-]1[cH-][cH-][cH-][cH-]1.[Fe].c1cc[cH-]c1. The van der Waals surface area contributed by atoms with Crippen LogP contribution in [0.1, 0.15) is 17.2 Å². The third-order valence-corrected chi connectivity index (χ3v) is 2.56. The predicted molar refractivity (Wildman–Crippen MR) is 72.4 cm³/mol. The number of hydrogen-bond donors (Lipinski definition) is 1. The molecule has 1 aromatic heterocycles. The monoisotopic (exact) mass is 293 g/mol. The summed E-state index contributed by atoms with van der Waals surface area (Å²) in [6.45, 7) is 0. The molecule has 0 amide bonds. The molecule has 0 aliphatic carbocycles. The van der Waals surface area contributed by atoms with Gasteiger partial charge in [0.05, 0.1) is 0 Å². The first-order chi connectivity index (χ1) is 8.88. The van der Waals surface area contributed by atoms with Gasteiger partial charge < -0.3 is 34.9 Å². The standard InChI is InChI=1S/C11H10NO.C5H5.Fe/c13-11(9-4-1-2-5-9)10-6-3-7-12-8-10;1-2-4-5-3-1;/h1-8,11,13H;1-5H;/q-5;-1;. The second-order valence-electron chi connectivity index (χ2n) is 3.87. The Morgan fingerprint density at radius 3 is 2.26 bits per heavy atom. The molecular formula is C16H15FeNO-6. The van der Waals surface area contributed by atoms with Crippen LogP contribution in [0.4, 0.5) is 0 Å². The number of aliphatic hydroxyl groups is 1. The van der Waals surface area contributed by atoms with Gasteiger partial charge in [-0.15, -0.1) is 0 Å². The number of hydrogen-bond acceptors (Lipinski definition) is 2. The Bertz CT molecular complexity index is 500. The van der Waals surface area contributed by atoms with Gasteiger partial charge in [0.25, 0.3) is 0 Å². The first-order valence-corrected chi connectivity index (χ1v) is 5.84. The number of aliphatic hydroxyl groups excluding tert-OH is 1. The van der Waals surface area contributed by atoms with E-state index in [1.165, 1.54) is 0 Å². The van der Waals surface area contributed by atoms with Crippen LogP contribution in [0, 0.1) is 0 Å². The van der Waals surface area contributed by atoms with Gasteiger partial charge >= 0.3 is 0 Å². The Balaban J connectivity index is 0.000000256. The summed E-state index contributed by atoms with van der Waals surface area (Å²) in [6, 6.07) is 21.3. The van der Waals surface area contributed by atoms with Gasteiger partial charge in [0, 0.05) is 29.5 Å². The Morgan fingerprint density at radius 2 is 1.79 bits per heavy atom. The fraction of sp³-hybridized carbons (Fsp3) is 0.0625. The third kappa shape index (κ3) is 4.84. The van der Waals surface area contributed by atoms with Crippen LogP contribution in [-0.2, 0) is 17.1 Å². The molecule has 3 aromatic rings. The Labute approximate surface area is 124 Å². The maximum Gasteiger partial charge on any atom is 0.0298 e. The van der Waals surface area contributed by atoms with Crippen LogP contribution in [0.15, 0.2) is 79.1 Å². The van der Waals surface area contributed by atoms with E-state index in [2.05, 4.69) is 4.98 Å². The molecule has 2 nitrogen and oxygen atoms in total. The van der Waals surface area contributed by atoms with Crippen molar-refractivity contribution in [1.82, 2.24) is 4.98 Å². The van der Waals surface area contributed by atoms with E-state index in [1.807, 2.05) is 66.7 Å². The molecule has 3 rings (SSSR count). The van der Waals surface area contributed by atoms with Crippen molar-refractivity contribution in [2.45, 2.75) is 6.10 Å². The molecule has 1 N–H and O–H groups in total. The molecule has 1 unspecified atom stereocenters. The van der Waals surface area contributed by atoms with Crippen LogP contribution in [0.3, 0.4) is 0 Å². The minimum Gasteiger partial charge on any atom is -0.747 e. The largest absolute Gasteiger partial charge is 0.747 e. The molecule has 0 aliphatic heterocycles. The van der Waals surface area contributed by atoms with Gasteiger partial charge in [0.15, 0.2) is 0 Å². The van der Waals surface area contributed by atoms with E-state index in [4.69, 9.17) is 0 Å². The van der Waals surface area contributed by atoms with Gasteiger partial charge in [-0.1, -0.05) is 12.2 Å². The van der Waals surface area contributed by atoms with E-state index in [0.29, 0.717) is 0 Å². The summed E-state index contributed by atoms with van der Waals surface area (Å²) in [4.78, 5) is 3.96. The van der Waals surface area contributed by atoms with Crippen molar-refractivity contribution in [1.29, 1.82) is 0 Å². The van der Waals surface area contributed by atoms with Gasteiger partial charge in [0.1, 0.15) is 0 Å². The van der Waals surface area contributed by atoms with Crippen LogP contribution < -0.4 is 0 Å². The molecule has 3 heteroatoms. The summed E-state index contributed by atoms with van der Waals surface area (Å²) in [5.74, 6) is 0. The molecule has 0 saturated carbocycles. The first-order valence-electron chi connectivity index (χ1n) is 5.84. The van der Waals surface area contributed by atoms with Gasteiger partial charge in [-0.05, 0) is 11.6 Å². The minimum atomic E-state index is -0.552. The Kier molecular flexibility index (Phi) is 6.83. The zero-order valence-corrected chi connectivity index (χ0v) is 11.4. The quantitative estimate of drug-likeness (QED) is 0.581. The zero-order chi connectivity index (χ0) is 12.6. The van der Waals surface area contributed by atoms with Crippen LogP contribution in [0.5, 0.6) is 0 Å². The maximum atomic E-state index is 9.84. The fourth-order valence-electron chi connectivity index (χ4n) is 1.62. The van der Waals surface area contributed by atoms with E-state index in [1.54, 1.807) is 12.4 Å². The second-order valence-corrected chi connectivity index (χ2v) is 3.87. The molecule has 2 aromatic carbocycles. The van der Waals surface area contributed by atoms with E-state index < -0.39 is 6.10 Å². The van der Waals surface area contributed by atoms with Gasteiger partial charge in [-0.2, -0.15) is 18.2 Å². The average Bonchev–Trinajstić information content (AvgIpc) is 3.14. The smallest absolute Gasteiger partial charge is 0.0298 e. The van der Waals surface area contributed by atoms with Crippen molar-refractivity contribution in [3.63, 3.8) is 0 Å². The van der Waals surface area contributed by atoms with Crippen molar-refractivity contribution in [3.8, 4) is 0 Å². The maximum absolute atomic E-state index is 9.84. The molecule has 0 spiro atoms. The Hall–Kier alpha value is -1.67. The van der Waals surface area contributed by atoms with Crippen molar-refractivity contribution < 1.29 is 22.2 Å². The topological polar surface area (TPSA) is 33.1 Å². The molecule has 104 valence electrons. The van der Waals surface area contributed by atoms with E-state index >= 15 is 0 Å². The van der Waals surface area contributed by atoms with E-state index in [-0.39, 0.29) is 17.1 Å². The molecule has 19 heavy (non-hydrogen) atoms. The fourth-order valence-corrected chi connectivity index (χ4v) is 1.62. The predicted octanol–water partition coefficient (Wildman–Crippen LogP) is 3.29. The van der Waals surface area contributed by atoms with Crippen LogP contribution in [-0.4, -0.2) is 10.1 Å². The number of aromatic nitrogens is 1. The van der Waals surface area contributed by atoms with Crippen molar-refractivity contribution >= 4 is 0 Å². The summed E-state index contributed by atoms with van der Waals surface area (Å²) in [6.07, 6.45) is 2.82. The molecule has 0 fully saturated rings. The molecular weight excluding hydrogens is 278 g/mol. The summed E-state index contributed by atoms with van der Waals surface area (Å²) in [5.41, 5.74) is 1.74. The first kappa shape index (κ1) is 15.4. The molecule has 1 atom stereocenters. The van der Waals surface area contributed by atoms with Crippen molar-refractivity contribution in [3.05, 3.63) is 90.3 Å². The molecule has 0 aliphatic rings. The van der Waals surface area contributed by atoms with Crippen LogP contribution >= 0.6 is 0 Å². The van der Waals surface area contributed by atoms with E-state index in [0.717, 1.165) is 11.1 Å². The van der Waals surface area contributed by atoms with E-state index in [9.17, 15) is 5.11 Å². The van der Waals surface area contributed by atoms with Gasteiger partial charge in [0.2, 0.25) is 0 Å². The number of pyridine rings is 1. The van der Waals surface area contributed by atoms with Crippen molar-refractivity contribution in [2.24, 2.45) is 0 Å². The molecule has 0 bridgehead atoms. The number of rotatable bonds is 2. The van der Waals surface area contributed by atoms with Crippen LogP contribution in [0.2, 0.25) is 0 Å². The van der Waals surface area contributed by atoms with Gasteiger partial charge in [-0.3, -0.25) is 4.98 Å². The summed E-state index contributed by atoms with van der Waals surface area (Å²) in [7, 11) is 0.